The molecule has 2 N–H and O–H groups in total. The maximum absolute atomic E-state index is 9.70. The van der Waals surface area contributed by atoms with Crippen molar-refractivity contribution in [1.82, 2.24) is 0 Å². The zero-order valence-electron chi connectivity index (χ0n) is 13.3. The van der Waals surface area contributed by atoms with Crippen LogP contribution in [0.3, 0.4) is 0 Å². The van der Waals surface area contributed by atoms with Gasteiger partial charge in [-0.05, 0) is 38.5 Å². The Kier molecular flexibility index (Phi) is 13.1. The summed E-state index contributed by atoms with van der Waals surface area (Å²) < 4.78 is 6.56. The van der Waals surface area contributed by atoms with E-state index in [-0.39, 0.29) is 38.0 Å². The maximum Gasteiger partial charge on any atom is 0.137 e. The molecule has 0 aliphatic carbocycles. The SMILES string of the molecule is C.CC[N+](CC)(CCOc1cccc(C)c1)CC(O)CO.[I-]. The molecule has 5 heteroatoms. The number of likely N-dealkylation sites (N-methyl/N-ethyl adjacent to an activating group) is 1. The van der Waals surface area contributed by atoms with Crippen molar-refractivity contribution in [2.75, 3.05) is 39.4 Å². The predicted molar refractivity (Wildman–Crippen MR) is 87.6 cm³/mol. The van der Waals surface area contributed by atoms with Gasteiger partial charge in [0.1, 0.15) is 31.5 Å². The summed E-state index contributed by atoms with van der Waals surface area (Å²) >= 11 is 0. The lowest BCUT2D eigenvalue weighted by atomic mass is 10.2. The molecule has 0 radical (unpaired) electrons. The Labute approximate surface area is 152 Å². The zero-order chi connectivity index (χ0) is 15.0. The Balaban J connectivity index is 0. The molecule has 1 aromatic carbocycles. The van der Waals surface area contributed by atoms with E-state index in [0.29, 0.717) is 13.2 Å². The summed E-state index contributed by atoms with van der Waals surface area (Å²) in [7, 11) is 0. The van der Waals surface area contributed by atoms with Crippen LogP contribution in [0.15, 0.2) is 24.3 Å². The Morgan fingerprint density at radius 1 is 1.23 bits per heavy atom. The molecule has 0 aromatic heterocycles. The summed E-state index contributed by atoms with van der Waals surface area (Å²) in [6.45, 7) is 9.94. The summed E-state index contributed by atoms with van der Waals surface area (Å²) in [4.78, 5) is 0. The fraction of sp³-hybridized carbons (Fsp3) is 0.647. The van der Waals surface area contributed by atoms with Crippen LogP contribution in [0.25, 0.3) is 0 Å². The van der Waals surface area contributed by atoms with Gasteiger partial charge in [0.25, 0.3) is 0 Å². The monoisotopic (exact) mass is 425 g/mol. The minimum atomic E-state index is -0.658. The number of aliphatic hydroxyl groups is 2. The van der Waals surface area contributed by atoms with Gasteiger partial charge >= 0.3 is 0 Å². The summed E-state index contributed by atoms with van der Waals surface area (Å²) in [5.74, 6) is 0.887. The number of nitrogens with zero attached hydrogens (tertiary/aromatic N) is 1. The van der Waals surface area contributed by atoms with Crippen LogP contribution in [0.1, 0.15) is 26.8 Å². The molecule has 0 amide bonds. The Morgan fingerprint density at radius 3 is 2.36 bits per heavy atom. The highest BCUT2D eigenvalue weighted by Crippen LogP contribution is 2.14. The van der Waals surface area contributed by atoms with E-state index >= 15 is 0 Å². The number of aliphatic hydroxyl groups excluding tert-OH is 2. The van der Waals surface area contributed by atoms with Crippen molar-refractivity contribution >= 4 is 0 Å². The van der Waals surface area contributed by atoms with Crippen LogP contribution >= 0.6 is 0 Å². The van der Waals surface area contributed by atoms with Gasteiger partial charge in [-0.25, -0.2) is 0 Å². The summed E-state index contributed by atoms with van der Waals surface area (Å²) in [6, 6.07) is 8.02. The molecule has 0 bridgehead atoms. The molecule has 0 aliphatic heterocycles. The number of halogens is 1. The fourth-order valence-corrected chi connectivity index (χ4v) is 2.46. The zero-order valence-corrected chi connectivity index (χ0v) is 15.4. The third-order valence-electron chi connectivity index (χ3n) is 3.97. The highest BCUT2D eigenvalue weighted by Gasteiger charge is 2.26. The van der Waals surface area contributed by atoms with Crippen LogP contribution in [0.2, 0.25) is 0 Å². The molecular weight excluding hydrogens is 393 g/mol. The Bertz CT molecular complexity index is 397. The van der Waals surface area contributed by atoms with Crippen LogP contribution in [-0.2, 0) is 0 Å². The molecule has 22 heavy (non-hydrogen) atoms. The van der Waals surface area contributed by atoms with Crippen LogP contribution < -0.4 is 28.7 Å². The molecule has 1 aromatic rings. The highest BCUT2D eigenvalue weighted by molar-refractivity contribution is 5.27. The van der Waals surface area contributed by atoms with Gasteiger partial charge in [0.15, 0.2) is 0 Å². The standard InChI is InChI=1S/C16H28NO3.CH4.HI/c1-4-17(5-2,12-15(19)13-18)9-10-20-16-8-6-7-14(3)11-16;;/h6-8,11,15,18-19H,4-5,9-10,12-13H2,1-3H3;1H4;1H/q+1;;/p-1. The molecule has 0 heterocycles. The van der Waals surface area contributed by atoms with Crippen molar-refractivity contribution in [2.24, 2.45) is 0 Å². The lowest BCUT2D eigenvalue weighted by Gasteiger charge is -2.38. The van der Waals surface area contributed by atoms with Gasteiger partial charge in [0.2, 0.25) is 0 Å². The molecule has 0 saturated carbocycles. The Hall–Kier alpha value is -0.370. The molecular formula is C17H32INO3. The van der Waals surface area contributed by atoms with Crippen molar-refractivity contribution in [1.29, 1.82) is 0 Å². The number of quaternary nitrogens is 1. The van der Waals surface area contributed by atoms with Crippen molar-refractivity contribution in [3.63, 3.8) is 0 Å². The molecule has 130 valence electrons. The molecule has 1 atom stereocenters. The van der Waals surface area contributed by atoms with Crippen LogP contribution in [0.5, 0.6) is 5.75 Å². The Morgan fingerprint density at radius 2 is 1.86 bits per heavy atom. The second kappa shape index (κ2) is 12.1. The smallest absolute Gasteiger partial charge is 0.137 e. The number of benzene rings is 1. The fourth-order valence-electron chi connectivity index (χ4n) is 2.46. The number of ether oxygens (including phenoxy) is 1. The summed E-state index contributed by atoms with van der Waals surface area (Å²) in [5, 5.41) is 18.7. The van der Waals surface area contributed by atoms with Crippen LogP contribution in [-0.4, -0.2) is 60.2 Å². The number of rotatable bonds is 9. The third-order valence-corrected chi connectivity index (χ3v) is 3.97. The molecule has 0 saturated heterocycles. The average Bonchev–Trinajstić information content (AvgIpc) is 2.46. The number of hydrogen-bond acceptors (Lipinski definition) is 3. The van der Waals surface area contributed by atoms with Gasteiger partial charge in [-0.1, -0.05) is 19.6 Å². The van der Waals surface area contributed by atoms with E-state index in [4.69, 9.17) is 9.84 Å². The summed E-state index contributed by atoms with van der Waals surface area (Å²) in [5.41, 5.74) is 1.19. The van der Waals surface area contributed by atoms with Gasteiger partial charge in [-0.15, -0.1) is 0 Å². The first-order valence-electron chi connectivity index (χ1n) is 7.38. The van der Waals surface area contributed by atoms with E-state index in [9.17, 15) is 5.11 Å². The van der Waals surface area contributed by atoms with E-state index in [0.717, 1.165) is 29.9 Å². The van der Waals surface area contributed by atoms with E-state index in [2.05, 4.69) is 13.8 Å². The molecule has 0 spiro atoms. The lowest BCUT2D eigenvalue weighted by Crippen LogP contribution is -3.00. The van der Waals surface area contributed by atoms with Crippen molar-refractivity contribution in [2.45, 2.75) is 34.3 Å². The molecule has 0 aliphatic rings. The van der Waals surface area contributed by atoms with Crippen molar-refractivity contribution < 1.29 is 43.4 Å². The topological polar surface area (TPSA) is 49.7 Å². The number of aryl methyl sites for hydroxylation is 1. The van der Waals surface area contributed by atoms with Gasteiger partial charge in [-0.3, -0.25) is 0 Å². The largest absolute Gasteiger partial charge is 1.00 e. The quantitative estimate of drug-likeness (QED) is 0.404. The second-order valence-electron chi connectivity index (χ2n) is 5.38. The molecule has 0 fully saturated rings. The summed E-state index contributed by atoms with van der Waals surface area (Å²) in [6.07, 6.45) is -0.658. The average molecular weight is 425 g/mol. The third kappa shape index (κ3) is 7.76. The molecule has 4 nitrogen and oxygen atoms in total. The van der Waals surface area contributed by atoms with Gasteiger partial charge in [0.05, 0.1) is 19.7 Å². The maximum atomic E-state index is 9.70. The molecule has 1 unspecified atom stereocenters. The lowest BCUT2D eigenvalue weighted by molar-refractivity contribution is -0.927. The van der Waals surface area contributed by atoms with Crippen molar-refractivity contribution in [3.8, 4) is 5.75 Å². The minimum absolute atomic E-state index is 0. The van der Waals surface area contributed by atoms with E-state index in [1.54, 1.807) is 0 Å². The predicted octanol–water partition coefficient (Wildman–Crippen LogP) is -0.776. The highest BCUT2D eigenvalue weighted by atomic mass is 127. The number of hydrogen-bond donors (Lipinski definition) is 2. The van der Waals surface area contributed by atoms with Crippen molar-refractivity contribution in [3.05, 3.63) is 29.8 Å². The van der Waals surface area contributed by atoms with Crippen LogP contribution in [0.4, 0.5) is 0 Å². The molecule has 1 rings (SSSR count). The first-order chi connectivity index (χ1) is 9.55. The van der Waals surface area contributed by atoms with Crippen LogP contribution in [0, 0.1) is 6.92 Å². The first kappa shape index (κ1) is 23.9. The van der Waals surface area contributed by atoms with Gasteiger partial charge in [0, 0.05) is 0 Å². The minimum Gasteiger partial charge on any atom is -1.00 e. The second-order valence-corrected chi connectivity index (χ2v) is 5.38. The normalized spacial score (nSPS) is 12.0. The van der Waals surface area contributed by atoms with E-state index < -0.39 is 6.10 Å². The first-order valence-corrected chi connectivity index (χ1v) is 7.38. The van der Waals surface area contributed by atoms with Gasteiger partial charge in [-0.2, -0.15) is 0 Å². The van der Waals surface area contributed by atoms with Gasteiger partial charge < -0.3 is 43.4 Å². The van der Waals surface area contributed by atoms with E-state index in [1.165, 1.54) is 5.56 Å². The van der Waals surface area contributed by atoms with E-state index in [1.807, 2.05) is 31.2 Å².